The highest BCUT2D eigenvalue weighted by atomic mass is 32.1. The lowest BCUT2D eigenvalue weighted by Crippen LogP contribution is -2.37. The lowest BCUT2D eigenvalue weighted by molar-refractivity contribution is -0.123. The SMILES string of the molecule is CCn1nccc1/C=C1/NC(=S)N(CC2CCCO2)C1=O. The Morgan fingerprint density at radius 2 is 2.48 bits per heavy atom. The average molecular weight is 306 g/mol. The maximum Gasteiger partial charge on any atom is 0.276 e. The Morgan fingerprint density at radius 3 is 3.19 bits per heavy atom. The Labute approximate surface area is 128 Å². The second kappa shape index (κ2) is 5.95. The number of nitrogens with zero attached hydrogens (tertiary/aromatic N) is 3. The fourth-order valence-electron chi connectivity index (χ4n) is 2.61. The summed E-state index contributed by atoms with van der Waals surface area (Å²) >= 11 is 5.26. The second-order valence-electron chi connectivity index (χ2n) is 5.11. The van der Waals surface area contributed by atoms with Gasteiger partial charge in [0.25, 0.3) is 5.91 Å². The Kier molecular flexibility index (Phi) is 4.03. The van der Waals surface area contributed by atoms with E-state index in [2.05, 4.69) is 10.4 Å². The Balaban J connectivity index is 1.76. The first-order valence-electron chi connectivity index (χ1n) is 7.17. The number of amides is 1. The molecule has 1 atom stereocenters. The monoisotopic (exact) mass is 306 g/mol. The van der Waals surface area contributed by atoms with E-state index in [9.17, 15) is 4.79 Å². The zero-order valence-corrected chi connectivity index (χ0v) is 12.7. The third-order valence-electron chi connectivity index (χ3n) is 3.71. The van der Waals surface area contributed by atoms with E-state index >= 15 is 0 Å². The molecule has 0 bridgehead atoms. The van der Waals surface area contributed by atoms with Crippen molar-refractivity contribution in [3.63, 3.8) is 0 Å². The van der Waals surface area contributed by atoms with Crippen LogP contribution in [-0.4, -0.2) is 45.0 Å². The van der Waals surface area contributed by atoms with Crippen LogP contribution in [0, 0.1) is 0 Å². The zero-order chi connectivity index (χ0) is 14.8. The molecule has 2 fully saturated rings. The largest absolute Gasteiger partial charge is 0.376 e. The van der Waals surface area contributed by atoms with E-state index in [4.69, 9.17) is 17.0 Å². The number of carbonyl (C=O) groups is 1. The van der Waals surface area contributed by atoms with Crippen LogP contribution in [0.2, 0.25) is 0 Å². The van der Waals surface area contributed by atoms with Gasteiger partial charge in [-0.25, -0.2) is 0 Å². The van der Waals surface area contributed by atoms with Gasteiger partial charge in [0, 0.05) is 19.3 Å². The van der Waals surface area contributed by atoms with Crippen LogP contribution in [0.3, 0.4) is 0 Å². The lowest BCUT2D eigenvalue weighted by atomic mass is 10.2. The topological polar surface area (TPSA) is 59.4 Å². The van der Waals surface area contributed by atoms with Gasteiger partial charge in [-0.1, -0.05) is 0 Å². The van der Waals surface area contributed by atoms with Crippen LogP contribution in [-0.2, 0) is 16.1 Å². The summed E-state index contributed by atoms with van der Waals surface area (Å²) in [5.41, 5.74) is 1.38. The summed E-state index contributed by atoms with van der Waals surface area (Å²) in [5.74, 6) is -0.0978. The van der Waals surface area contributed by atoms with Gasteiger partial charge < -0.3 is 10.1 Å². The van der Waals surface area contributed by atoms with E-state index in [0.29, 0.717) is 17.4 Å². The standard InChI is InChI=1S/C14H18N4O2S/c1-2-18-10(5-6-15-18)8-12-13(19)17(14(21)16-12)9-11-4-3-7-20-11/h5-6,8,11H,2-4,7,9H2,1H3,(H,16,21)/b12-8+. The first-order chi connectivity index (χ1) is 10.2. The molecule has 1 unspecified atom stereocenters. The molecule has 7 heteroatoms. The van der Waals surface area contributed by atoms with E-state index in [1.807, 2.05) is 17.7 Å². The minimum Gasteiger partial charge on any atom is -0.376 e. The van der Waals surface area contributed by atoms with Crippen LogP contribution in [0.5, 0.6) is 0 Å². The predicted octanol–water partition coefficient (Wildman–Crippen LogP) is 1.14. The smallest absolute Gasteiger partial charge is 0.276 e. The molecule has 2 aliphatic heterocycles. The molecule has 0 saturated carbocycles. The number of hydrogen-bond acceptors (Lipinski definition) is 4. The summed E-state index contributed by atoms with van der Waals surface area (Å²) in [7, 11) is 0. The molecule has 112 valence electrons. The summed E-state index contributed by atoms with van der Waals surface area (Å²) in [4.78, 5) is 14.0. The van der Waals surface area contributed by atoms with E-state index < -0.39 is 0 Å². The van der Waals surface area contributed by atoms with Gasteiger partial charge in [0.15, 0.2) is 5.11 Å². The normalized spacial score (nSPS) is 24.1. The Morgan fingerprint density at radius 1 is 1.62 bits per heavy atom. The van der Waals surface area contributed by atoms with Crippen LogP contribution >= 0.6 is 12.2 Å². The van der Waals surface area contributed by atoms with Gasteiger partial charge in [-0.2, -0.15) is 5.10 Å². The van der Waals surface area contributed by atoms with Gasteiger partial charge in [-0.05, 0) is 44.1 Å². The van der Waals surface area contributed by atoms with Crippen LogP contribution in [0.4, 0.5) is 0 Å². The van der Waals surface area contributed by atoms with Crippen molar-refractivity contribution in [3.8, 4) is 0 Å². The highest BCUT2D eigenvalue weighted by Crippen LogP contribution is 2.19. The van der Waals surface area contributed by atoms with Crippen molar-refractivity contribution in [2.45, 2.75) is 32.4 Å². The Hall–Kier alpha value is -1.73. The number of thiocarbonyl (C=S) groups is 1. The molecule has 2 saturated heterocycles. The minimum absolute atomic E-state index is 0.0919. The molecule has 3 rings (SSSR count). The zero-order valence-electron chi connectivity index (χ0n) is 11.9. The number of aromatic nitrogens is 2. The van der Waals surface area contributed by atoms with Crippen LogP contribution in [0.15, 0.2) is 18.0 Å². The van der Waals surface area contributed by atoms with Crippen molar-refractivity contribution >= 4 is 29.3 Å². The molecule has 6 nitrogen and oxygen atoms in total. The average Bonchev–Trinajstić information content (AvgIpc) is 3.18. The number of nitrogens with one attached hydrogen (secondary N) is 1. The first kappa shape index (κ1) is 14.2. The number of rotatable bonds is 4. The molecule has 2 aliphatic rings. The summed E-state index contributed by atoms with van der Waals surface area (Å²) in [5, 5.41) is 7.63. The highest BCUT2D eigenvalue weighted by Gasteiger charge is 2.33. The van der Waals surface area contributed by atoms with Crippen molar-refractivity contribution in [2.75, 3.05) is 13.2 Å². The third kappa shape index (κ3) is 2.84. The van der Waals surface area contributed by atoms with Gasteiger partial charge >= 0.3 is 0 Å². The fourth-order valence-corrected chi connectivity index (χ4v) is 2.87. The first-order valence-corrected chi connectivity index (χ1v) is 7.58. The van der Waals surface area contributed by atoms with E-state index in [1.165, 1.54) is 0 Å². The summed E-state index contributed by atoms with van der Waals surface area (Å²) in [6, 6.07) is 1.87. The maximum atomic E-state index is 12.5. The third-order valence-corrected chi connectivity index (χ3v) is 4.04. The molecular formula is C14H18N4O2S. The van der Waals surface area contributed by atoms with Crippen molar-refractivity contribution in [1.29, 1.82) is 0 Å². The number of carbonyl (C=O) groups excluding carboxylic acids is 1. The number of ether oxygens (including phenoxy) is 1. The second-order valence-corrected chi connectivity index (χ2v) is 5.50. The molecule has 0 aliphatic carbocycles. The van der Waals surface area contributed by atoms with Crippen LogP contribution < -0.4 is 5.32 Å². The molecule has 1 aromatic rings. The van der Waals surface area contributed by atoms with Gasteiger partial charge in [-0.3, -0.25) is 14.4 Å². The highest BCUT2D eigenvalue weighted by molar-refractivity contribution is 7.80. The van der Waals surface area contributed by atoms with Crippen LogP contribution in [0.1, 0.15) is 25.5 Å². The molecule has 0 spiro atoms. The van der Waals surface area contributed by atoms with Gasteiger partial charge in [0.05, 0.1) is 18.3 Å². The minimum atomic E-state index is -0.0978. The number of aryl methyl sites for hydroxylation is 1. The molecule has 1 amide bonds. The van der Waals surface area contributed by atoms with Gasteiger partial charge in [-0.15, -0.1) is 0 Å². The van der Waals surface area contributed by atoms with Crippen molar-refractivity contribution in [2.24, 2.45) is 0 Å². The molecule has 21 heavy (non-hydrogen) atoms. The van der Waals surface area contributed by atoms with Crippen molar-refractivity contribution < 1.29 is 9.53 Å². The van der Waals surface area contributed by atoms with Gasteiger partial charge in [0.1, 0.15) is 5.70 Å². The van der Waals surface area contributed by atoms with Gasteiger partial charge in [0.2, 0.25) is 0 Å². The molecule has 1 N–H and O–H groups in total. The molecule has 1 aromatic heterocycles. The van der Waals surface area contributed by atoms with Crippen molar-refractivity contribution in [1.82, 2.24) is 20.0 Å². The number of hydrogen-bond donors (Lipinski definition) is 1. The molecular weight excluding hydrogens is 288 g/mol. The van der Waals surface area contributed by atoms with E-state index in [0.717, 1.165) is 31.7 Å². The Bertz CT molecular complexity index is 590. The predicted molar refractivity (Wildman–Crippen MR) is 82.3 cm³/mol. The summed E-state index contributed by atoms with van der Waals surface area (Å²) < 4.78 is 7.40. The van der Waals surface area contributed by atoms with E-state index in [-0.39, 0.29) is 12.0 Å². The molecule has 3 heterocycles. The summed E-state index contributed by atoms with van der Waals surface area (Å²) in [6.07, 6.45) is 5.63. The van der Waals surface area contributed by atoms with Crippen molar-refractivity contribution in [3.05, 3.63) is 23.7 Å². The fraction of sp³-hybridized carbons (Fsp3) is 0.500. The van der Waals surface area contributed by atoms with E-state index in [1.54, 1.807) is 17.2 Å². The molecule has 0 aromatic carbocycles. The quantitative estimate of drug-likeness (QED) is 0.668. The van der Waals surface area contributed by atoms with Crippen LogP contribution in [0.25, 0.3) is 6.08 Å². The molecule has 0 radical (unpaired) electrons. The summed E-state index contributed by atoms with van der Waals surface area (Å²) in [6.45, 7) is 4.05. The maximum absolute atomic E-state index is 12.5. The lowest BCUT2D eigenvalue weighted by Gasteiger charge is -2.18.